The van der Waals surface area contributed by atoms with E-state index in [9.17, 15) is 0 Å². The minimum atomic E-state index is 0.0235. The van der Waals surface area contributed by atoms with E-state index in [-0.39, 0.29) is 17.4 Å². The Morgan fingerprint density at radius 2 is 2.36 bits per heavy atom. The number of anilines is 1. The smallest absolute Gasteiger partial charge is 0.228 e. The SMILES string of the molecule is Cc1ccnc(NC2=NC3c4cn[nH]c4C(C)OCC3S2)n1. The van der Waals surface area contributed by atoms with Gasteiger partial charge in [0.25, 0.3) is 0 Å². The summed E-state index contributed by atoms with van der Waals surface area (Å²) in [7, 11) is 0. The van der Waals surface area contributed by atoms with Gasteiger partial charge in [0.05, 0.1) is 35.9 Å². The number of aromatic nitrogens is 4. The predicted molar refractivity (Wildman–Crippen MR) is 84.9 cm³/mol. The molecule has 114 valence electrons. The van der Waals surface area contributed by atoms with Crippen molar-refractivity contribution in [3.63, 3.8) is 0 Å². The maximum absolute atomic E-state index is 5.89. The monoisotopic (exact) mass is 316 g/mol. The van der Waals surface area contributed by atoms with Crippen molar-refractivity contribution in [2.45, 2.75) is 31.2 Å². The molecule has 0 aliphatic carbocycles. The average molecular weight is 316 g/mol. The highest BCUT2D eigenvalue weighted by Crippen LogP contribution is 2.42. The second-order valence-electron chi connectivity index (χ2n) is 5.40. The first-order chi connectivity index (χ1) is 10.7. The Hall–Kier alpha value is -1.93. The van der Waals surface area contributed by atoms with Crippen molar-refractivity contribution in [2.24, 2.45) is 4.99 Å². The van der Waals surface area contributed by atoms with Crippen molar-refractivity contribution in [3.8, 4) is 0 Å². The highest BCUT2D eigenvalue weighted by molar-refractivity contribution is 8.15. The Morgan fingerprint density at radius 3 is 3.23 bits per heavy atom. The van der Waals surface area contributed by atoms with E-state index in [2.05, 4.69) is 25.5 Å². The molecule has 2 aromatic heterocycles. The van der Waals surface area contributed by atoms with Gasteiger partial charge in [-0.15, -0.1) is 0 Å². The molecule has 2 aliphatic heterocycles. The van der Waals surface area contributed by atoms with Crippen LogP contribution < -0.4 is 5.32 Å². The van der Waals surface area contributed by atoms with Gasteiger partial charge in [-0.25, -0.2) is 9.97 Å². The fourth-order valence-electron chi connectivity index (χ4n) is 2.70. The number of nitrogens with one attached hydrogen (secondary N) is 2. The van der Waals surface area contributed by atoms with Gasteiger partial charge in [-0.3, -0.25) is 10.1 Å². The first-order valence-electron chi connectivity index (χ1n) is 7.16. The standard InChI is InChI=1S/C14H16N6OS/c1-7-3-4-15-13(17-7)19-14-18-12-9-5-16-20-11(9)8(2)21-6-10(12)22-14/h3-5,8,10,12H,6H2,1-2H3,(H,16,20)(H,15,17,18,19). The summed E-state index contributed by atoms with van der Waals surface area (Å²) in [4.78, 5) is 13.4. The van der Waals surface area contributed by atoms with Gasteiger partial charge in [-0.05, 0) is 19.9 Å². The van der Waals surface area contributed by atoms with Crippen LogP contribution in [0.15, 0.2) is 23.5 Å². The van der Waals surface area contributed by atoms with Crippen LogP contribution in [0.4, 0.5) is 5.95 Å². The van der Waals surface area contributed by atoms with Crippen molar-refractivity contribution in [1.29, 1.82) is 0 Å². The van der Waals surface area contributed by atoms with Gasteiger partial charge < -0.3 is 10.1 Å². The number of fused-ring (bicyclic) bond motifs is 3. The lowest BCUT2D eigenvalue weighted by atomic mass is 10.0. The van der Waals surface area contributed by atoms with E-state index in [1.54, 1.807) is 18.0 Å². The number of rotatable bonds is 1. The molecule has 4 heterocycles. The summed E-state index contributed by atoms with van der Waals surface area (Å²) < 4.78 is 5.89. The number of hydrogen-bond donors (Lipinski definition) is 2. The first-order valence-corrected chi connectivity index (χ1v) is 8.04. The molecule has 2 N–H and O–H groups in total. The van der Waals surface area contributed by atoms with Crippen LogP contribution in [-0.4, -0.2) is 37.2 Å². The lowest BCUT2D eigenvalue weighted by Crippen LogP contribution is -2.15. The van der Waals surface area contributed by atoms with Crippen LogP contribution in [0.25, 0.3) is 0 Å². The van der Waals surface area contributed by atoms with Crippen LogP contribution in [0.3, 0.4) is 0 Å². The minimum Gasteiger partial charge on any atom is -0.371 e. The Kier molecular flexibility index (Phi) is 3.34. The Balaban J connectivity index is 1.61. The molecule has 2 aromatic rings. The largest absolute Gasteiger partial charge is 0.371 e. The van der Waals surface area contributed by atoms with Crippen LogP contribution >= 0.6 is 11.8 Å². The number of ether oxygens (including phenoxy) is 1. The van der Waals surface area contributed by atoms with Crippen molar-refractivity contribution in [2.75, 3.05) is 11.9 Å². The van der Waals surface area contributed by atoms with Crippen molar-refractivity contribution in [1.82, 2.24) is 20.2 Å². The number of aromatic amines is 1. The molecule has 0 fully saturated rings. The van der Waals surface area contributed by atoms with Crippen LogP contribution in [-0.2, 0) is 4.74 Å². The summed E-state index contributed by atoms with van der Waals surface area (Å²) in [6.45, 7) is 4.63. The Morgan fingerprint density at radius 1 is 1.45 bits per heavy atom. The topological polar surface area (TPSA) is 88.1 Å². The quantitative estimate of drug-likeness (QED) is 0.839. The fourth-order valence-corrected chi connectivity index (χ4v) is 3.79. The third kappa shape index (κ3) is 2.38. The lowest BCUT2D eigenvalue weighted by molar-refractivity contribution is 0.0681. The fraction of sp³-hybridized carbons (Fsp3) is 0.429. The highest BCUT2D eigenvalue weighted by atomic mass is 32.2. The van der Waals surface area contributed by atoms with E-state index in [4.69, 9.17) is 9.73 Å². The zero-order valence-corrected chi connectivity index (χ0v) is 13.1. The Labute approximate surface area is 132 Å². The number of thioether (sulfide) groups is 1. The predicted octanol–water partition coefficient (Wildman–Crippen LogP) is 2.22. The van der Waals surface area contributed by atoms with E-state index >= 15 is 0 Å². The highest BCUT2D eigenvalue weighted by Gasteiger charge is 2.38. The molecule has 0 aromatic carbocycles. The van der Waals surface area contributed by atoms with Gasteiger partial charge in [0.15, 0.2) is 5.17 Å². The summed E-state index contributed by atoms with van der Waals surface area (Å²) >= 11 is 1.67. The molecule has 2 aliphatic rings. The molecule has 0 saturated heterocycles. The van der Waals surface area contributed by atoms with Crippen LogP contribution in [0.1, 0.15) is 36.0 Å². The molecular formula is C14H16N6OS. The molecule has 3 atom stereocenters. The lowest BCUT2D eigenvalue weighted by Gasteiger charge is -2.12. The molecule has 0 radical (unpaired) electrons. The molecule has 0 spiro atoms. The van der Waals surface area contributed by atoms with Gasteiger partial charge >= 0.3 is 0 Å². The maximum atomic E-state index is 5.89. The maximum Gasteiger partial charge on any atom is 0.228 e. The molecule has 0 amide bonds. The number of nitrogens with zero attached hydrogens (tertiary/aromatic N) is 4. The molecule has 7 nitrogen and oxygen atoms in total. The van der Waals surface area contributed by atoms with E-state index in [0.29, 0.717) is 12.6 Å². The third-order valence-corrected chi connectivity index (χ3v) is 4.95. The summed E-state index contributed by atoms with van der Waals surface area (Å²) in [5, 5.41) is 11.4. The van der Waals surface area contributed by atoms with E-state index in [0.717, 1.165) is 22.1 Å². The summed E-state index contributed by atoms with van der Waals surface area (Å²) in [5.41, 5.74) is 3.05. The molecule has 3 unspecified atom stereocenters. The van der Waals surface area contributed by atoms with Crippen LogP contribution in [0.2, 0.25) is 0 Å². The molecule has 22 heavy (non-hydrogen) atoms. The van der Waals surface area contributed by atoms with Gasteiger partial charge in [-0.2, -0.15) is 5.10 Å². The van der Waals surface area contributed by atoms with E-state index in [1.807, 2.05) is 26.1 Å². The number of aliphatic imine (C=N–C) groups is 1. The first kappa shape index (κ1) is 13.7. The molecule has 8 heteroatoms. The number of hydrogen-bond acceptors (Lipinski definition) is 7. The van der Waals surface area contributed by atoms with Gasteiger partial charge in [0.2, 0.25) is 5.95 Å². The molecule has 4 rings (SSSR count). The second-order valence-corrected chi connectivity index (χ2v) is 6.62. The molecule has 0 saturated carbocycles. The second kappa shape index (κ2) is 5.36. The van der Waals surface area contributed by atoms with Gasteiger partial charge in [-0.1, -0.05) is 11.8 Å². The van der Waals surface area contributed by atoms with E-state index < -0.39 is 0 Å². The van der Waals surface area contributed by atoms with E-state index in [1.165, 1.54) is 0 Å². The van der Waals surface area contributed by atoms with Crippen molar-refractivity contribution >= 4 is 22.9 Å². The van der Waals surface area contributed by atoms with Gasteiger partial charge in [0.1, 0.15) is 0 Å². The zero-order valence-electron chi connectivity index (χ0n) is 12.3. The zero-order chi connectivity index (χ0) is 15.1. The minimum absolute atomic E-state index is 0.0235. The van der Waals surface area contributed by atoms with Crippen molar-refractivity contribution in [3.05, 3.63) is 35.4 Å². The number of aryl methyl sites for hydroxylation is 1. The summed E-state index contributed by atoms with van der Waals surface area (Å²) in [6.07, 6.45) is 3.62. The van der Waals surface area contributed by atoms with Crippen LogP contribution in [0, 0.1) is 6.92 Å². The molecular weight excluding hydrogens is 300 g/mol. The third-order valence-electron chi connectivity index (χ3n) is 3.82. The number of H-pyrrole nitrogens is 1. The Bertz CT molecular complexity index is 730. The normalized spacial score (nSPS) is 26.8. The number of amidine groups is 1. The molecule has 0 bridgehead atoms. The van der Waals surface area contributed by atoms with Crippen molar-refractivity contribution < 1.29 is 4.74 Å². The average Bonchev–Trinajstić information content (AvgIpc) is 3.09. The summed E-state index contributed by atoms with van der Waals surface area (Å²) in [5.74, 6) is 0.574. The summed E-state index contributed by atoms with van der Waals surface area (Å²) in [6, 6.07) is 1.92. The van der Waals surface area contributed by atoms with Gasteiger partial charge in [0, 0.05) is 17.5 Å². The van der Waals surface area contributed by atoms with Crippen LogP contribution in [0.5, 0.6) is 0 Å².